The van der Waals surface area contributed by atoms with Gasteiger partial charge in [0.15, 0.2) is 0 Å². The Morgan fingerprint density at radius 2 is 1.40 bits per heavy atom. The molecule has 1 atom stereocenters. The Bertz CT molecular complexity index is 584. The van der Waals surface area contributed by atoms with E-state index in [1.807, 2.05) is 6.07 Å². The van der Waals surface area contributed by atoms with Gasteiger partial charge in [-0.3, -0.25) is 4.89 Å². The molecule has 1 N–H and O–H groups in total. The maximum atomic E-state index is 11.9. The fourth-order valence-electron chi connectivity index (χ4n) is 3.29. The standard InChI is InChI=1S/C23H40BrO5P/c1-2-3-4-5-6-7-8-9-10-11-12-13-14-15-19-27-29-30(25,26)28-23-18-16-17-22(20-23)21-24/h16-18,20H,2-15,19,21H2,1H3,(H,25,26). The van der Waals surface area contributed by atoms with E-state index >= 15 is 0 Å². The highest BCUT2D eigenvalue weighted by Crippen LogP contribution is 2.44. The van der Waals surface area contributed by atoms with Crippen LogP contribution in [-0.2, 0) is 19.5 Å². The van der Waals surface area contributed by atoms with Crippen LogP contribution in [0.25, 0.3) is 0 Å². The van der Waals surface area contributed by atoms with Gasteiger partial charge in [-0.2, -0.15) is 0 Å². The Balaban J connectivity index is 1.91. The van der Waals surface area contributed by atoms with Crippen molar-refractivity contribution in [2.24, 2.45) is 0 Å². The Labute approximate surface area is 191 Å². The second-order valence-electron chi connectivity index (χ2n) is 7.83. The van der Waals surface area contributed by atoms with Gasteiger partial charge in [-0.1, -0.05) is 118 Å². The number of benzene rings is 1. The molecule has 0 aliphatic rings. The molecule has 0 aromatic heterocycles. The highest BCUT2D eigenvalue weighted by molar-refractivity contribution is 9.08. The van der Waals surface area contributed by atoms with Gasteiger partial charge in [-0.25, -0.2) is 9.45 Å². The first-order valence-corrected chi connectivity index (χ1v) is 14.2. The van der Waals surface area contributed by atoms with Crippen molar-refractivity contribution in [2.45, 2.75) is 102 Å². The summed E-state index contributed by atoms with van der Waals surface area (Å²) in [5.74, 6) is 0.276. The van der Waals surface area contributed by atoms with Gasteiger partial charge in [0.25, 0.3) is 0 Å². The van der Waals surface area contributed by atoms with Crippen LogP contribution in [-0.4, -0.2) is 11.5 Å². The Morgan fingerprint density at radius 3 is 1.93 bits per heavy atom. The average molecular weight is 507 g/mol. The van der Waals surface area contributed by atoms with Crippen LogP contribution in [0.2, 0.25) is 0 Å². The van der Waals surface area contributed by atoms with E-state index in [-0.39, 0.29) is 12.4 Å². The fraction of sp³-hybridized carbons (Fsp3) is 0.739. The first kappa shape index (κ1) is 27.6. The zero-order chi connectivity index (χ0) is 21.9. The molecule has 1 rings (SSSR count). The second-order valence-corrected chi connectivity index (χ2v) is 9.66. The van der Waals surface area contributed by atoms with Crippen LogP contribution < -0.4 is 4.52 Å². The Morgan fingerprint density at radius 1 is 0.867 bits per heavy atom. The lowest BCUT2D eigenvalue weighted by Gasteiger charge is -2.12. The van der Waals surface area contributed by atoms with E-state index in [0.717, 1.165) is 24.8 Å². The van der Waals surface area contributed by atoms with Crippen molar-refractivity contribution in [1.82, 2.24) is 0 Å². The fourth-order valence-corrected chi connectivity index (χ4v) is 4.26. The highest BCUT2D eigenvalue weighted by Gasteiger charge is 2.24. The molecule has 0 spiro atoms. The monoisotopic (exact) mass is 506 g/mol. The molecule has 1 unspecified atom stereocenters. The lowest BCUT2D eigenvalue weighted by Crippen LogP contribution is -2.00. The molecule has 7 heteroatoms. The minimum Gasteiger partial charge on any atom is -0.403 e. The summed E-state index contributed by atoms with van der Waals surface area (Å²) in [6.07, 6.45) is 17.9. The van der Waals surface area contributed by atoms with E-state index in [4.69, 9.17) is 9.41 Å². The van der Waals surface area contributed by atoms with E-state index in [1.54, 1.807) is 18.2 Å². The summed E-state index contributed by atoms with van der Waals surface area (Å²) < 4.78 is 21.5. The number of rotatable bonds is 20. The number of hydrogen-bond acceptors (Lipinski definition) is 4. The molecule has 0 aliphatic carbocycles. The summed E-state index contributed by atoms with van der Waals surface area (Å²) in [5, 5.41) is 0.635. The topological polar surface area (TPSA) is 65.0 Å². The second kappa shape index (κ2) is 18.2. The zero-order valence-electron chi connectivity index (χ0n) is 18.5. The first-order valence-electron chi connectivity index (χ1n) is 11.6. The quantitative estimate of drug-likeness (QED) is 0.0630. The molecule has 1 aromatic carbocycles. The molecule has 0 saturated heterocycles. The number of phosphoric acid groups is 1. The van der Waals surface area contributed by atoms with Crippen molar-refractivity contribution in [1.29, 1.82) is 0 Å². The van der Waals surface area contributed by atoms with Crippen molar-refractivity contribution < 1.29 is 23.5 Å². The van der Waals surface area contributed by atoms with E-state index in [2.05, 4.69) is 27.5 Å². The maximum Gasteiger partial charge on any atom is 0.555 e. The predicted octanol–water partition coefficient (Wildman–Crippen LogP) is 8.49. The van der Waals surface area contributed by atoms with Crippen molar-refractivity contribution >= 4 is 23.8 Å². The van der Waals surface area contributed by atoms with E-state index in [9.17, 15) is 9.46 Å². The first-order chi connectivity index (χ1) is 14.6. The zero-order valence-corrected chi connectivity index (χ0v) is 21.0. The molecule has 0 heterocycles. The van der Waals surface area contributed by atoms with Crippen LogP contribution in [0.5, 0.6) is 5.75 Å². The molecule has 0 saturated carbocycles. The van der Waals surface area contributed by atoms with E-state index in [1.165, 1.54) is 70.6 Å². The minimum absolute atomic E-state index is 0.276. The molecule has 5 nitrogen and oxygen atoms in total. The molecule has 30 heavy (non-hydrogen) atoms. The summed E-state index contributed by atoms with van der Waals surface area (Å²) in [4.78, 5) is 14.6. The largest absolute Gasteiger partial charge is 0.555 e. The number of halogens is 1. The smallest absolute Gasteiger partial charge is 0.403 e. The summed E-state index contributed by atoms with van der Waals surface area (Å²) in [7, 11) is -4.27. The Hall–Kier alpha value is -0.390. The van der Waals surface area contributed by atoms with Crippen LogP contribution in [0.15, 0.2) is 24.3 Å². The van der Waals surface area contributed by atoms with Gasteiger partial charge >= 0.3 is 7.82 Å². The molecule has 0 fully saturated rings. The number of alkyl halides is 1. The lowest BCUT2D eigenvalue weighted by atomic mass is 10.0. The number of hydrogen-bond donors (Lipinski definition) is 1. The molecule has 0 bridgehead atoms. The van der Waals surface area contributed by atoms with E-state index < -0.39 is 7.82 Å². The van der Waals surface area contributed by atoms with Crippen molar-refractivity contribution in [2.75, 3.05) is 6.61 Å². The van der Waals surface area contributed by atoms with Gasteiger partial charge in [0.2, 0.25) is 0 Å². The van der Waals surface area contributed by atoms with Crippen LogP contribution >= 0.6 is 23.8 Å². The van der Waals surface area contributed by atoms with Crippen LogP contribution in [0, 0.1) is 0 Å². The third-order valence-corrected chi connectivity index (χ3v) is 6.38. The SMILES string of the molecule is CCCCCCCCCCCCCCCCOOP(=O)(O)Oc1cccc(CBr)c1. The third-order valence-electron chi connectivity index (χ3n) is 5.00. The van der Waals surface area contributed by atoms with Gasteiger partial charge in [0, 0.05) is 5.33 Å². The summed E-state index contributed by atoms with van der Waals surface area (Å²) in [5.41, 5.74) is 0.941. The summed E-state index contributed by atoms with van der Waals surface area (Å²) >= 11 is 3.33. The highest BCUT2D eigenvalue weighted by atomic mass is 79.9. The van der Waals surface area contributed by atoms with Gasteiger partial charge < -0.3 is 4.52 Å². The molecule has 0 radical (unpaired) electrons. The maximum absolute atomic E-state index is 11.9. The van der Waals surface area contributed by atoms with Gasteiger partial charge in [-0.15, -0.1) is 4.67 Å². The predicted molar refractivity (Wildman–Crippen MR) is 127 cm³/mol. The van der Waals surface area contributed by atoms with E-state index in [0.29, 0.717) is 5.33 Å². The molecule has 0 aliphatic heterocycles. The number of unbranched alkanes of at least 4 members (excludes halogenated alkanes) is 13. The minimum atomic E-state index is -4.27. The molecule has 0 amide bonds. The van der Waals surface area contributed by atoms with Gasteiger partial charge in [0.1, 0.15) is 5.75 Å². The van der Waals surface area contributed by atoms with Crippen LogP contribution in [0.3, 0.4) is 0 Å². The number of phosphoric ester groups is 1. The van der Waals surface area contributed by atoms with Gasteiger partial charge in [0.05, 0.1) is 6.61 Å². The van der Waals surface area contributed by atoms with Crippen molar-refractivity contribution in [3.8, 4) is 5.75 Å². The normalized spacial score (nSPS) is 13.3. The molecule has 174 valence electrons. The summed E-state index contributed by atoms with van der Waals surface area (Å²) in [6.45, 7) is 2.55. The molecule has 1 aromatic rings. The lowest BCUT2D eigenvalue weighted by molar-refractivity contribution is -0.221. The van der Waals surface area contributed by atoms with Crippen LogP contribution in [0.1, 0.15) is 102 Å². The average Bonchev–Trinajstić information content (AvgIpc) is 2.73. The van der Waals surface area contributed by atoms with Crippen LogP contribution in [0.4, 0.5) is 0 Å². The van der Waals surface area contributed by atoms with Crippen molar-refractivity contribution in [3.05, 3.63) is 29.8 Å². The summed E-state index contributed by atoms with van der Waals surface area (Å²) in [6, 6.07) is 6.92. The van der Waals surface area contributed by atoms with Crippen molar-refractivity contribution in [3.63, 3.8) is 0 Å². The van der Waals surface area contributed by atoms with Gasteiger partial charge in [-0.05, 0) is 24.1 Å². The Kier molecular flexibility index (Phi) is 16.8. The molecular formula is C23H40BrO5P. The third kappa shape index (κ3) is 15.4. The molecular weight excluding hydrogens is 467 g/mol.